The topological polar surface area (TPSA) is 15.3 Å². The molecule has 0 aromatic carbocycles. The summed E-state index contributed by atoms with van der Waals surface area (Å²) in [7, 11) is 4.25. The normalized spacial score (nSPS) is 27.7. The van der Waals surface area contributed by atoms with Gasteiger partial charge in [-0.25, -0.2) is 0 Å². The van der Waals surface area contributed by atoms with Gasteiger partial charge >= 0.3 is 0 Å². The molecule has 0 radical (unpaired) electrons. The van der Waals surface area contributed by atoms with Crippen molar-refractivity contribution >= 4 is 0 Å². The molecule has 1 rings (SSSR count). The molecule has 1 atom stereocenters. The number of nitrogens with zero attached hydrogens (tertiary/aromatic N) is 1. The summed E-state index contributed by atoms with van der Waals surface area (Å²) in [6, 6.07) is 0.764. The Morgan fingerprint density at radius 3 is 2.78 bits per heavy atom. The maximum Gasteiger partial charge on any atom is 0.0195 e. The van der Waals surface area contributed by atoms with Crippen molar-refractivity contribution in [3.8, 4) is 0 Å². The third-order valence-corrected chi connectivity index (χ3v) is 1.75. The highest BCUT2D eigenvalue weighted by molar-refractivity contribution is 4.75. The van der Waals surface area contributed by atoms with Gasteiger partial charge in [0, 0.05) is 12.6 Å². The van der Waals surface area contributed by atoms with Crippen molar-refractivity contribution in [1.82, 2.24) is 10.2 Å². The molecule has 1 unspecified atom stereocenters. The average Bonchev–Trinajstić information content (AvgIpc) is 2.15. The molecule has 0 spiro atoms. The SMILES string of the molecule is CN(C)CC1CCCN1. The van der Waals surface area contributed by atoms with Crippen LogP contribution in [0.1, 0.15) is 12.8 Å². The van der Waals surface area contributed by atoms with E-state index in [2.05, 4.69) is 24.3 Å². The van der Waals surface area contributed by atoms with E-state index in [0.717, 1.165) is 6.04 Å². The van der Waals surface area contributed by atoms with Crippen molar-refractivity contribution in [2.75, 3.05) is 27.2 Å². The standard InChI is InChI=1S/C7H16N2/c1-9(2)6-7-4-3-5-8-7/h7-8H,3-6H2,1-2H3. The Morgan fingerprint density at radius 2 is 2.33 bits per heavy atom. The fourth-order valence-electron chi connectivity index (χ4n) is 1.35. The molecule has 0 saturated carbocycles. The number of nitrogens with one attached hydrogen (secondary N) is 1. The van der Waals surface area contributed by atoms with Crippen LogP contribution in [0.15, 0.2) is 0 Å². The van der Waals surface area contributed by atoms with Crippen LogP contribution in [0.3, 0.4) is 0 Å². The zero-order valence-corrected chi connectivity index (χ0v) is 6.35. The van der Waals surface area contributed by atoms with Gasteiger partial charge in [0.05, 0.1) is 0 Å². The molecule has 1 aliphatic heterocycles. The van der Waals surface area contributed by atoms with Crippen molar-refractivity contribution in [3.63, 3.8) is 0 Å². The number of likely N-dealkylation sites (N-methyl/N-ethyl adjacent to an activating group) is 1. The first-order valence-electron chi connectivity index (χ1n) is 3.67. The molecule has 2 nitrogen and oxygen atoms in total. The van der Waals surface area contributed by atoms with Gasteiger partial charge in [0.2, 0.25) is 0 Å². The first-order valence-corrected chi connectivity index (χ1v) is 3.67. The Bertz CT molecular complexity index is 75.0. The third-order valence-electron chi connectivity index (χ3n) is 1.75. The molecule has 1 saturated heterocycles. The van der Waals surface area contributed by atoms with E-state index in [-0.39, 0.29) is 0 Å². The Morgan fingerprint density at radius 1 is 1.56 bits per heavy atom. The second-order valence-electron chi connectivity index (χ2n) is 3.06. The molecule has 0 bridgehead atoms. The molecule has 2 heteroatoms. The lowest BCUT2D eigenvalue weighted by Crippen LogP contribution is -2.33. The Kier molecular flexibility index (Phi) is 2.49. The van der Waals surface area contributed by atoms with Gasteiger partial charge in [-0.2, -0.15) is 0 Å². The summed E-state index contributed by atoms with van der Waals surface area (Å²) in [5.41, 5.74) is 0. The third kappa shape index (κ3) is 2.33. The van der Waals surface area contributed by atoms with E-state index >= 15 is 0 Å². The molecule has 1 N–H and O–H groups in total. The van der Waals surface area contributed by atoms with E-state index in [9.17, 15) is 0 Å². The molecule has 54 valence electrons. The Balaban J connectivity index is 2.11. The summed E-state index contributed by atoms with van der Waals surface area (Å²) in [5, 5.41) is 3.45. The van der Waals surface area contributed by atoms with Gasteiger partial charge in [-0.15, -0.1) is 0 Å². The molecule has 0 aromatic rings. The second-order valence-corrected chi connectivity index (χ2v) is 3.06. The van der Waals surface area contributed by atoms with Crippen LogP contribution in [0.4, 0.5) is 0 Å². The molecular formula is C7H16N2. The number of rotatable bonds is 2. The van der Waals surface area contributed by atoms with Gasteiger partial charge in [-0.3, -0.25) is 0 Å². The van der Waals surface area contributed by atoms with Crippen molar-refractivity contribution in [2.24, 2.45) is 0 Å². The quantitative estimate of drug-likeness (QED) is 0.575. The fraction of sp³-hybridized carbons (Fsp3) is 1.00. The highest BCUT2D eigenvalue weighted by atomic mass is 15.1. The Labute approximate surface area is 57.2 Å². The molecule has 9 heavy (non-hydrogen) atoms. The van der Waals surface area contributed by atoms with Crippen molar-refractivity contribution < 1.29 is 0 Å². The fourth-order valence-corrected chi connectivity index (χ4v) is 1.35. The summed E-state index contributed by atoms with van der Waals surface area (Å²) in [4.78, 5) is 2.24. The predicted molar refractivity (Wildman–Crippen MR) is 39.6 cm³/mol. The van der Waals surface area contributed by atoms with Gasteiger partial charge < -0.3 is 10.2 Å². The summed E-state index contributed by atoms with van der Waals surface area (Å²) in [6.07, 6.45) is 2.72. The van der Waals surface area contributed by atoms with E-state index < -0.39 is 0 Å². The van der Waals surface area contributed by atoms with Gasteiger partial charge in [-0.05, 0) is 33.5 Å². The minimum atomic E-state index is 0.764. The van der Waals surface area contributed by atoms with Crippen molar-refractivity contribution in [1.29, 1.82) is 0 Å². The van der Waals surface area contributed by atoms with Crippen LogP contribution in [0.5, 0.6) is 0 Å². The first-order chi connectivity index (χ1) is 4.29. The van der Waals surface area contributed by atoms with E-state index in [4.69, 9.17) is 0 Å². The van der Waals surface area contributed by atoms with Crippen LogP contribution in [-0.4, -0.2) is 38.1 Å². The maximum absolute atomic E-state index is 3.45. The van der Waals surface area contributed by atoms with E-state index in [1.54, 1.807) is 0 Å². The second kappa shape index (κ2) is 3.18. The van der Waals surface area contributed by atoms with Crippen LogP contribution < -0.4 is 5.32 Å². The summed E-state index contributed by atoms with van der Waals surface area (Å²) in [5.74, 6) is 0. The van der Waals surface area contributed by atoms with Crippen LogP contribution >= 0.6 is 0 Å². The first kappa shape index (κ1) is 7.03. The van der Waals surface area contributed by atoms with Gasteiger partial charge in [-0.1, -0.05) is 0 Å². The zero-order valence-electron chi connectivity index (χ0n) is 6.35. The molecule has 1 aliphatic rings. The number of hydrogen-bond acceptors (Lipinski definition) is 2. The van der Waals surface area contributed by atoms with E-state index in [1.165, 1.54) is 25.9 Å². The van der Waals surface area contributed by atoms with Crippen LogP contribution in [-0.2, 0) is 0 Å². The van der Waals surface area contributed by atoms with E-state index in [0.29, 0.717) is 0 Å². The van der Waals surface area contributed by atoms with Gasteiger partial charge in [0.1, 0.15) is 0 Å². The maximum atomic E-state index is 3.45. The van der Waals surface area contributed by atoms with E-state index in [1.807, 2.05) is 0 Å². The summed E-state index contributed by atoms with van der Waals surface area (Å²) < 4.78 is 0. The molecule has 0 aromatic heterocycles. The minimum absolute atomic E-state index is 0.764. The van der Waals surface area contributed by atoms with Crippen LogP contribution in [0.25, 0.3) is 0 Å². The van der Waals surface area contributed by atoms with Crippen LogP contribution in [0, 0.1) is 0 Å². The van der Waals surface area contributed by atoms with Crippen molar-refractivity contribution in [2.45, 2.75) is 18.9 Å². The molecule has 0 aliphatic carbocycles. The van der Waals surface area contributed by atoms with Gasteiger partial charge in [0.15, 0.2) is 0 Å². The zero-order chi connectivity index (χ0) is 6.69. The molecule has 0 amide bonds. The molecule has 1 heterocycles. The molecular weight excluding hydrogens is 112 g/mol. The predicted octanol–water partition coefficient (Wildman–Crippen LogP) is 0.300. The Hall–Kier alpha value is -0.0800. The lowest BCUT2D eigenvalue weighted by atomic mass is 10.2. The smallest absolute Gasteiger partial charge is 0.0195 e. The minimum Gasteiger partial charge on any atom is -0.313 e. The highest BCUT2D eigenvalue weighted by Gasteiger charge is 2.13. The van der Waals surface area contributed by atoms with Crippen molar-refractivity contribution in [3.05, 3.63) is 0 Å². The highest BCUT2D eigenvalue weighted by Crippen LogP contribution is 2.04. The monoisotopic (exact) mass is 128 g/mol. The molecule has 1 fully saturated rings. The van der Waals surface area contributed by atoms with Crippen LogP contribution in [0.2, 0.25) is 0 Å². The lowest BCUT2D eigenvalue weighted by molar-refractivity contribution is 0.357. The van der Waals surface area contributed by atoms with Gasteiger partial charge in [0.25, 0.3) is 0 Å². The summed E-state index contributed by atoms with van der Waals surface area (Å²) >= 11 is 0. The largest absolute Gasteiger partial charge is 0.313 e. The number of hydrogen-bond donors (Lipinski definition) is 1. The average molecular weight is 128 g/mol. The summed E-state index contributed by atoms with van der Waals surface area (Å²) in [6.45, 7) is 2.42. The lowest BCUT2D eigenvalue weighted by Gasteiger charge is -2.15.